The molecule has 0 spiro atoms. The molecule has 3 aromatic rings. The summed E-state index contributed by atoms with van der Waals surface area (Å²) >= 11 is 0. The van der Waals surface area contributed by atoms with E-state index in [0.717, 1.165) is 5.39 Å². The summed E-state index contributed by atoms with van der Waals surface area (Å²) in [6, 6.07) is 15.5. The van der Waals surface area contributed by atoms with Crippen molar-refractivity contribution < 1.29 is 14.5 Å². The van der Waals surface area contributed by atoms with Crippen LogP contribution in [-0.4, -0.2) is 21.2 Å². The molecule has 0 aliphatic carbocycles. The molecule has 128 valence electrons. The highest BCUT2D eigenvalue weighted by Gasteiger charge is 2.23. The molecule has 1 heterocycles. The molecule has 6 heteroatoms. The van der Waals surface area contributed by atoms with Crippen molar-refractivity contribution in [3.63, 3.8) is 0 Å². The van der Waals surface area contributed by atoms with Crippen LogP contribution in [0.2, 0.25) is 0 Å². The maximum absolute atomic E-state index is 12.8. The number of nitro benzene ring substituents is 1. The van der Waals surface area contributed by atoms with Gasteiger partial charge in [0.2, 0.25) is 0 Å². The zero-order chi connectivity index (χ0) is 18.2. The Morgan fingerprint density at radius 3 is 2.48 bits per heavy atom. The summed E-state index contributed by atoms with van der Waals surface area (Å²) in [6.07, 6.45) is -0.518. The first-order valence-corrected chi connectivity index (χ1v) is 7.85. The maximum atomic E-state index is 12.8. The average molecular weight is 338 g/mol. The molecule has 0 N–H and O–H groups in total. The first kappa shape index (κ1) is 16.7. The summed E-state index contributed by atoms with van der Waals surface area (Å²) in [5, 5.41) is 11.9. The molecule has 25 heavy (non-hydrogen) atoms. The van der Waals surface area contributed by atoms with Crippen LogP contribution in [-0.2, 0) is 4.74 Å². The van der Waals surface area contributed by atoms with Crippen molar-refractivity contribution in [3.05, 3.63) is 64.7 Å². The number of aromatic nitrogens is 1. The zero-order valence-corrected chi connectivity index (χ0v) is 14.2. The van der Waals surface area contributed by atoms with Gasteiger partial charge in [0, 0.05) is 23.1 Å². The number of nitro groups is 1. The summed E-state index contributed by atoms with van der Waals surface area (Å²) in [7, 11) is 0. The summed E-state index contributed by atoms with van der Waals surface area (Å²) in [4.78, 5) is 23.4. The normalized spacial score (nSPS) is 11.5. The number of non-ortho nitro benzene ring substituents is 1. The number of para-hydroxylation sites is 1. The van der Waals surface area contributed by atoms with Gasteiger partial charge in [0.25, 0.3) is 5.69 Å². The van der Waals surface area contributed by atoms with E-state index >= 15 is 0 Å². The molecule has 0 radical (unpaired) electrons. The van der Waals surface area contributed by atoms with Gasteiger partial charge < -0.3 is 4.74 Å². The van der Waals surface area contributed by atoms with Crippen molar-refractivity contribution in [1.29, 1.82) is 0 Å². The van der Waals surface area contributed by atoms with E-state index in [0.29, 0.717) is 16.8 Å². The molecule has 0 unspecified atom stereocenters. The molecule has 0 bridgehead atoms. The van der Waals surface area contributed by atoms with Crippen LogP contribution in [0.1, 0.15) is 20.8 Å². The van der Waals surface area contributed by atoms with E-state index in [2.05, 4.69) is 0 Å². The van der Waals surface area contributed by atoms with E-state index in [1.54, 1.807) is 32.9 Å². The fourth-order valence-electron chi connectivity index (χ4n) is 2.65. The van der Waals surface area contributed by atoms with Crippen LogP contribution in [0.5, 0.6) is 0 Å². The van der Waals surface area contributed by atoms with E-state index in [-0.39, 0.29) is 5.69 Å². The fourth-order valence-corrected chi connectivity index (χ4v) is 2.65. The number of fused-ring (bicyclic) bond motifs is 1. The average Bonchev–Trinajstić information content (AvgIpc) is 2.93. The zero-order valence-electron chi connectivity index (χ0n) is 14.2. The Morgan fingerprint density at radius 1 is 1.08 bits per heavy atom. The highest BCUT2D eigenvalue weighted by molar-refractivity contribution is 5.96. The van der Waals surface area contributed by atoms with Gasteiger partial charge in [-0.15, -0.1) is 0 Å². The molecule has 6 nitrogen and oxygen atoms in total. The lowest BCUT2D eigenvalue weighted by Crippen LogP contribution is -2.27. The lowest BCUT2D eigenvalue weighted by atomic mass is 10.1. The van der Waals surface area contributed by atoms with Crippen molar-refractivity contribution in [2.75, 3.05) is 0 Å². The standard InChI is InChI=1S/C19H18N2O4/c1-19(2,3)25-18(22)20-16-10-5-4-7-14(16)12-17(20)13-8-6-9-15(11-13)21(23)24/h4-12H,1-3H3. The Morgan fingerprint density at radius 2 is 1.80 bits per heavy atom. The quantitative estimate of drug-likeness (QED) is 0.487. The maximum Gasteiger partial charge on any atom is 0.419 e. The predicted molar refractivity (Wildman–Crippen MR) is 95.7 cm³/mol. The molecule has 0 saturated heterocycles. The molecule has 0 atom stereocenters. The Kier molecular flexibility index (Phi) is 4.04. The van der Waals surface area contributed by atoms with Gasteiger partial charge in [0.15, 0.2) is 0 Å². The summed E-state index contributed by atoms with van der Waals surface area (Å²) in [6.45, 7) is 5.39. The highest BCUT2D eigenvalue weighted by Crippen LogP contribution is 2.31. The number of carbonyl (C=O) groups is 1. The minimum atomic E-state index is -0.650. The molecule has 0 amide bonds. The Labute approximate surface area is 144 Å². The topological polar surface area (TPSA) is 74.4 Å². The third-order valence-electron chi connectivity index (χ3n) is 3.64. The lowest BCUT2D eigenvalue weighted by molar-refractivity contribution is -0.384. The summed E-state index contributed by atoms with van der Waals surface area (Å²) in [5.41, 5.74) is 1.15. The van der Waals surface area contributed by atoms with Crippen LogP contribution < -0.4 is 0 Å². The largest absolute Gasteiger partial charge is 0.443 e. The molecular weight excluding hydrogens is 320 g/mol. The third kappa shape index (κ3) is 3.38. The number of carbonyl (C=O) groups excluding carboxylic acids is 1. The van der Waals surface area contributed by atoms with Crippen LogP contribution in [0, 0.1) is 10.1 Å². The molecule has 0 aliphatic rings. The van der Waals surface area contributed by atoms with E-state index in [1.807, 2.05) is 30.3 Å². The first-order chi connectivity index (χ1) is 11.8. The molecule has 1 aromatic heterocycles. The number of hydrogen-bond acceptors (Lipinski definition) is 4. The van der Waals surface area contributed by atoms with Crippen LogP contribution in [0.15, 0.2) is 54.6 Å². The van der Waals surface area contributed by atoms with E-state index in [9.17, 15) is 14.9 Å². The number of hydrogen-bond donors (Lipinski definition) is 0. The van der Waals surface area contributed by atoms with Crippen LogP contribution in [0.4, 0.5) is 10.5 Å². The second kappa shape index (κ2) is 6.05. The molecule has 0 saturated carbocycles. The Balaban J connectivity index is 2.21. The van der Waals surface area contributed by atoms with Gasteiger partial charge >= 0.3 is 6.09 Å². The molecule has 2 aromatic carbocycles. The summed E-state index contributed by atoms with van der Waals surface area (Å²) in [5.74, 6) is 0. The first-order valence-electron chi connectivity index (χ1n) is 7.85. The second-order valence-electron chi connectivity index (χ2n) is 6.71. The fraction of sp³-hybridized carbons (Fsp3) is 0.211. The van der Waals surface area contributed by atoms with Gasteiger partial charge in [-0.1, -0.05) is 30.3 Å². The number of rotatable bonds is 2. The second-order valence-corrected chi connectivity index (χ2v) is 6.71. The number of nitrogens with zero attached hydrogens (tertiary/aromatic N) is 2. The van der Waals surface area contributed by atoms with Crippen molar-refractivity contribution in [2.24, 2.45) is 0 Å². The van der Waals surface area contributed by atoms with Gasteiger partial charge in [-0.2, -0.15) is 0 Å². The molecule has 3 rings (SSSR count). The SMILES string of the molecule is CC(C)(C)OC(=O)n1c(-c2cccc([N+](=O)[O-])c2)cc2ccccc21. The van der Waals surface area contributed by atoms with Crippen LogP contribution >= 0.6 is 0 Å². The lowest BCUT2D eigenvalue weighted by Gasteiger charge is -2.21. The van der Waals surface area contributed by atoms with Crippen molar-refractivity contribution in [1.82, 2.24) is 4.57 Å². The minimum absolute atomic E-state index is 0.0292. The van der Waals surface area contributed by atoms with Crippen molar-refractivity contribution >= 4 is 22.7 Å². The molecular formula is C19H18N2O4. The van der Waals surface area contributed by atoms with Gasteiger partial charge in [0.05, 0.1) is 16.1 Å². The van der Waals surface area contributed by atoms with Gasteiger partial charge in [-0.25, -0.2) is 9.36 Å². The van der Waals surface area contributed by atoms with Crippen molar-refractivity contribution in [2.45, 2.75) is 26.4 Å². The monoisotopic (exact) mass is 338 g/mol. The van der Waals surface area contributed by atoms with Gasteiger partial charge in [-0.05, 0) is 32.9 Å². The predicted octanol–water partition coefficient (Wildman–Crippen LogP) is 5.00. The third-order valence-corrected chi connectivity index (χ3v) is 3.64. The summed E-state index contributed by atoms with van der Waals surface area (Å²) < 4.78 is 6.98. The molecule has 0 aliphatic heterocycles. The van der Waals surface area contributed by atoms with Crippen molar-refractivity contribution in [3.8, 4) is 11.3 Å². The van der Waals surface area contributed by atoms with Gasteiger partial charge in [0.1, 0.15) is 5.60 Å². The minimum Gasteiger partial charge on any atom is -0.443 e. The number of benzene rings is 2. The molecule has 0 fully saturated rings. The van der Waals surface area contributed by atoms with E-state index < -0.39 is 16.6 Å². The van der Waals surface area contributed by atoms with Gasteiger partial charge in [-0.3, -0.25) is 10.1 Å². The Hall–Kier alpha value is -3.15. The highest BCUT2D eigenvalue weighted by atomic mass is 16.6. The van der Waals surface area contributed by atoms with Crippen LogP contribution in [0.25, 0.3) is 22.2 Å². The van der Waals surface area contributed by atoms with Crippen LogP contribution in [0.3, 0.4) is 0 Å². The number of ether oxygens (including phenoxy) is 1. The Bertz CT molecular complexity index is 967. The van der Waals surface area contributed by atoms with E-state index in [4.69, 9.17) is 4.74 Å². The smallest absolute Gasteiger partial charge is 0.419 e. The van der Waals surface area contributed by atoms with E-state index in [1.165, 1.54) is 16.7 Å².